The average molecular weight is 284 g/mol. The highest BCUT2D eigenvalue weighted by Crippen LogP contribution is 2.19. The number of amides is 1. The van der Waals surface area contributed by atoms with E-state index in [1.165, 1.54) is 0 Å². The maximum absolute atomic E-state index is 12.5. The van der Waals surface area contributed by atoms with Crippen LogP contribution in [0.25, 0.3) is 0 Å². The molecule has 2 rings (SSSR count). The van der Waals surface area contributed by atoms with E-state index in [0.29, 0.717) is 19.5 Å². The van der Waals surface area contributed by atoms with Crippen LogP contribution in [0.4, 0.5) is 0 Å². The Bertz CT molecular complexity index is 329. The number of rotatable bonds is 4. The van der Waals surface area contributed by atoms with E-state index in [0.717, 1.165) is 32.5 Å². The van der Waals surface area contributed by atoms with Crippen molar-refractivity contribution in [1.82, 2.24) is 14.7 Å². The van der Waals surface area contributed by atoms with Gasteiger partial charge in [0, 0.05) is 38.3 Å². The summed E-state index contributed by atoms with van der Waals surface area (Å²) in [4.78, 5) is 18.6. The number of likely N-dealkylation sites (tertiary alicyclic amines) is 2. The van der Waals surface area contributed by atoms with Gasteiger partial charge in [0.2, 0.25) is 5.91 Å². The van der Waals surface area contributed by atoms with Crippen molar-refractivity contribution in [3.05, 3.63) is 0 Å². The fourth-order valence-corrected chi connectivity index (χ4v) is 3.19. The monoisotopic (exact) mass is 284 g/mol. The van der Waals surface area contributed by atoms with Gasteiger partial charge in [-0.3, -0.25) is 9.69 Å². The number of piperidine rings is 1. The summed E-state index contributed by atoms with van der Waals surface area (Å²) in [7, 11) is 4.00. The summed E-state index contributed by atoms with van der Waals surface area (Å²) >= 11 is 0. The molecule has 2 unspecified atom stereocenters. The van der Waals surface area contributed by atoms with Gasteiger partial charge in [-0.1, -0.05) is 0 Å². The van der Waals surface area contributed by atoms with E-state index in [-0.39, 0.29) is 24.1 Å². The van der Waals surface area contributed by atoms with Gasteiger partial charge in [-0.25, -0.2) is 0 Å². The molecule has 0 radical (unpaired) electrons. The fourth-order valence-electron chi connectivity index (χ4n) is 3.19. The Morgan fingerprint density at radius 2 is 2.00 bits per heavy atom. The van der Waals surface area contributed by atoms with Gasteiger partial charge < -0.3 is 20.6 Å². The zero-order valence-electron chi connectivity index (χ0n) is 12.7. The van der Waals surface area contributed by atoms with Crippen molar-refractivity contribution >= 4 is 5.91 Å². The fraction of sp³-hybridized carbons (Fsp3) is 0.929. The summed E-state index contributed by atoms with van der Waals surface area (Å²) in [5.74, 6) is 0.142. The second-order valence-electron chi connectivity index (χ2n) is 6.47. The zero-order valence-corrected chi connectivity index (χ0v) is 12.7. The lowest BCUT2D eigenvalue weighted by Gasteiger charge is -2.33. The number of nitrogens with zero attached hydrogens (tertiary/aromatic N) is 3. The molecule has 2 heterocycles. The number of likely N-dealkylation sites (N-methyl/N-ethyl adjacent to an activating group) is 1. The first-order valence-corrected chi connectivity index (χ1v) is 7.56. The molecule has 2 aliphatic rings. The van der Waals surface area contributed by atoms with Crippen molar-refractivity contribution in [2.75, 3.05) is 46.8 Å². The summed E-state index contributed by atoms with van der Waals surface area (Å²) in [6.45, 7) is 3.56. The van der Waals surface area contributed by atoms with E-state index in [1.807, 2.05) is 19.0 Å². The molecule has 2 atom stereocenters. The van der Waals surface area contributed by atoms with Gasteiger partial charge in [-0.15, -0.1) is 0 Å². The predicted octanol–water partition coefficient (Wildman–Crippen LogP) is -1.07. The summed E-state index contributed by atoms with van der Waals surface area (Å²) in [6, 6.07) is 0.427. The van der Waals surface area contributed by atoms with E-state index in [1.54, 1.807) is 0 Å². The van der Waals surface area contributed by atoms with Gasteiger partial charge in [0.1, 0.15) is 0 Å². The van der Waals surface area contributed by atoms with Gasteiger partial charge in [-0.05, 0) is 33.4 Å². The van der Waals surface area contributed by atoms with Crippen LogP contribution in [0, 0.1) is 0 Å². The van der Waals surface area contributed by atoms with E-state index in [9.17, 15) is 9.90 Å². The molecule has 0 aromatic carbocycles. The molecule has 0 saturated carbocycles. The Morgan fingerprint density at radius 1 is 1.35 bits per heavy atom. The smallest absolute Gasteiger partial charge is 0.237 e. The summed E-state index contributed by atoms with van der Waals surface area (Å²) in [5, 5.41) is 9.83. The van der Waals surface area contributed by atoms with Crippen LogP contribution in [-0.4, -0.2) is 90.7 Å². The Balaban J connectivity index is 1.86. The first-order chi connectivity index (χ1) is 9.45. The minimum atomic E-state index is -0.376. The van der Waals surface area contributed by atoms with Crippen LogP contribution in [0.2, 0.25) is 0 Å². The molecule has 0 aromatic rings. The molecule has 6 nitrogen and oxygen atoms in total. The van der Waals surface area contributed by atoms with E-state index in [4.69, 9.17) is 5.73 Å². The van der Waals surface area contributed by atoms with Crippen LogP contribution < -0.4 is 5.73 Å². The molecule has 6 heteroatoms. The summed E-state index contributed by atoms with van der Waals surface area (Å²) < 4.78 is 0. The van der Waals surface area contributed by atoms with Crippen molar-refractivity contribution < 1.29 is 9.90 Å². The molecule has 20 heavy (non-hydrogen) atoms. The molecule has 3 N–H and O–H groups in total. The van der Waals surface area contributed by atoms with Crippen molar-refractivity contribution in [3.8, 4) is 0 Å². The number of aliphatic hydroxyl groups excluding tert-OH is 1. The van der Waals surface area contributed by atoms with Crippen LogP contribution >= 0.6 is 0 Å². The minimum Gasteiger partial charge on any atom is -0.391 e. The van der Waals surface area contributed by atoms with E-state index >= 15 is 0 Å². The van der Waals surface area contributed by atoms with Crippen molar-refractivity contribution in [1.29, 1.82) is 0 Å². The molecule has 116 valence electrons. The van der Waals surface area contributed by atoms with Crippen LogP contribution in [0.3, 0.4) is 0 Å². The molecule has 2 saturated heterocycles. The van der Waals surface area contributed by atoms with Crippen molar-refractivity contribution in [2.24, 2.45) is 5.73 Å². The van der Waals surface area contributed by atoms with Gasteiger partial charge in [0.15, 0.2) is 0 Å². The number of hydrogen-bond acceptors (Lipinski definition) is 5. The Morgan fingerprint density at radius 3 is 2.60 bits per heavy atom. The molecule has 0 spiro atoms. The molecule has 0 aromatic heterocycles. The van der Waals surface area contributed by atoms with Crippen molar-refractivity contribution in [3.63, 3.8) is 0 Å². The molecule has 2 fully saturated rings. The Kier molecular flexibility index (Phi) is 5.37. The Labute approximate surface area is 121 Å². The second kappa shape index (κ2) is 6.85. The highest BCUT2D eigenvalue weighted by molar-refractivity contribution is 5.79. The third-order valence-electron chi connectivity index (χ3n) is 4.28. The highest BCUT2D eigenvalue weighted by Gasteiger charge is 2.35. The number of carbonyl (C=O) groups excluding carboxylic acids is 1. The number of nitrogens with two attached hydrogens (primary N) is 1. The molecule has 0 aliphatic carbocycles. The highest BCUT2D eigenvalue weighted by atomic mass is 16.3. The lowest BCUT2D eigenvalue weighted by Crippen LogP contribution is -2.48. The predicted molar refractivity (Wildman–Crippen MR) is 78.3 cm³/mol. The zero-order chi connectivity index (χ0) is 14.7. The number of hydrogen-bond donors (Lipinski definition) is 2. The summed E-state index contributed by atoms with van der Waals surface area (Å²) in [5.41, 5.74) is 5.88. The third kappa shape index (κ3) is 4.15. The Hall–Kier alpha value is -0.690. The summed E-state index contributed by atoms with van der Waals surface area (Å²) in [6.07, 6.45) is 2.25. The largest absolute Gasteiger partial charge is 0.391 e. The first-order valence-electron chi connectivity index (χ1n) is 7.56. The number of carbonyl (C=O) groups is 1. The van der Waals surface area contributed by atoms with Gasteiger partial charge in [-0.2, -0.15) is 0 Å². The van der Waals surface area contributed by atoms with Crippen molar-refractivity contribution in [2.45, 2.75) is 37.5 Å². The molecule has 1 amide bonds. The van der Waals surface area contributed by atoms with Crippen LogP contribution in [0.1, 0.15) is 19.3 Å². The van der Waals surface area contributed by atoms with E-state index < -0.39 is 0 Å². The third-order valence-corrected chi connectivity index (χ3v) is 4.28. The minimum absolute atomic E-state index is 0.138. The second-order valence-corrected chi connectivity index (χ2v) is 6.47. The lowest BCUT2D eigenvalue weighted by atomic mass is 10.1. The average Bonchev–Trinajstić information content (AvgIpc) is 2.72. The lowest BCUT2D eigenvalue weighted by molar-refractivity contribution is -0.134. The normalized spacial score (nSPS) is 29.4. The quantitative estimate of drug-likeness (QED) is 0.688. The topological polar surface area (TPSA) is 73.0 Å². The molecule has 2 aliphatic heterocycles. The maximum Gasteiger partial charge on any atom is 0.237 e. The van der Waals surface area contributed by atoms with Crippen LogP contribution in [0.15, 0.2) is 0 Å². The molecule has 0 bridgehead atoms. The SMILES string of the molecule is CN(C)CC1CC(O)CN1C(=O)CN1CCC(N)CC1. The first kappa shape index (κ1) is 15.7. The van der Waals surface area contributed by atoms with Gasteiger partial charge in [0.25, 0.3) is 0 Å². The van der Waals surface area contributed by atoms with Crippen LogP contribution in [-0.2, 0) is 4.79 Å². The molecular weight excluding hydrogens is 256 g/mol. The van der Waals surface area contributed by atoms with E-state index in [2.05, 4.69) is 9.80 Å². The number of β-amino-alcohol motifs (C(OH)–C–C–N with tert-alkyl or cyclic N) is 1. The standard InChI is InChI=1S/C14H28N4O2/c1-16(2)8-12-7-13(19)9-18(12)14(20)10-17-5-3-11(15)4-6-17/h11-13,19H,3-10,15H2,1-2H3. The van der Waals surface area contributed by atoms with Gasteiger partial charge >= 0.3 is 0 Å². The van der Waals surface area contributed by atoms with Gasteiger partial charge in [0.05, 0.1) is 12.6 Å². The number of aliphatic hydroxyl groups is 1. The van der Waals surface area contributed by atoms with Crippen LogP contribution in [0.5, 0.6) is 0 Å². The maximum atomic E-state index is 12.5. The molecular formula is C14H28N4O2.